The Morgan fingerprint density at radius 2 is 2.10 bits per heavy atom. The highest BCUT2D eigenvalue weighted by Gasteiger charge is 2.25. The highest BCUT2D eigenvalue weighted by Crippen LogP contribution is 2.30. The molecule has 1 N–H and O–H groups in total. The number of sulfonamides is 1. The fraction of sp³-hybridized carbons (Fsp3) is 0. The quantitative estimate of drug-likeness (QED) is 0.582. The van der Waals surface area contributed by atoms with Crippen LogP contribution >= 0.6 is 57.1 Å². The third-order valence-electron chi connectivity index (χ3n) is 2.61. The van der Waals surface area contributed by atoms with E-state index >= 15 is 0 Å². The van der Waals surface area contributed by atoms with E-state index in [4.69, 9.17) is 23.2 Å². The van der Waals surface area contributed by atoms with Crippen molar-refractivity contribution in [1.29, 1.82) is 0 Å². The van der Waals surface area contributed by atoms with Crippen molar-refractivity contribution >= 4 is 77.8 Å². The zero-order valence-corrected chi connectivity index (χ0v) is 15.4. The van der Waals surface area contributed by atoms with Gasteiger partial charge in [0.05, 0.1) is 10.7 Å². The molecule has 2 aromatic heterocycles. The molecule has 3 aromatic rings. The van der Waals surface area contributed by atoms with Gasteiger partial charge < -0.3 is 0 Å². The van der Waals surface area contributed by atoms with Gasteiger partial charge in [0.2, 0.25) is 0 Å². The number of anilines is 1. The van der Waals surface area contributed by atoms with E-state index in [1.807, 2.05) is 0 Å². The summed E-state index contributed by atoms with van der Waals surface area (Å²) in [6.45, 7) is 0. The van der Waals surface area contributed by atoms with Crippen molar-refractivity contribution < 1.29 is 8.42 Å². The first-order valence-electron chi connectivity index (χ1n) is 5.47. The van der Waals surface area contributed by atoms with Crippen LogP contribution in [-0.2, 0) is 10.0 Å². The first kappa shape index (κ1) is 15.3. The van der Waals surface area contributed by atoms with Crippen LogP contribution in [0.5, 0.6) is 0 Å². The second-order valence-corrected chi connectivity index (χ2v) is 8.47. The van der Waals surface area contributed by atoms with Gasteiger partial charge in [-0.2, -0.15) is 8.42 Å². The molecular formula is C11H6Cl2IN3O2S2. The van der Waals surface area contributed by atoms with Crippen molar-refractivity contribution in [2.24, 2.45) is 0 Å². The fourth-order valence-corrected chi connectivity index (χ4v) is 5.24. The lowest BCUT2D eigenvalue weighted by Crippen LogP contribution is -2.15. The van der Waals surface area contributed by atoms with Gasteiger partial charge in [0.15, 0.2) is 15.1 Å². The summed E-state index contributed by atoms with van der Waals surface area (Å²) in [4.78, 5) is 4.52. The molecule has 2 heterocycles. The minimum atomic E-state index is -3.89. The van der Waals surface area contributed by atoms with Crippen LogP contribution in [0.15, 0.2) is 34.8 Å². The number of rotatable bonds is 3. The summed E-state index contributed by atoms with van der Waals surface area (Å²) in [5, 5.41) is 1.87. The molecule has 1 aromatic carbocycles. The van der Waals surface area contributed by atoms with E-state index < -0.39 is 10.0 Å². The number of fused-ring (bicyclic) bond motifs is 1. The van der Waals surface area contributed by atoms with Crippen LogP contribution in [0.4, 0.5) is 5.69 Å². The van der Waals surface area contributed by atoms with Crippen molar-refractivity contribution in [3.8, 4) is 0 Å². The fourth-order valence-electron chi connectivity index (χ4n) is 1.74. The minimum absolute atomic E-state index is 0.0732. The zero-order chi connectivity index (χ0) is 15.2. The highest BCUT2D eigenvalue weighted by molar-refractivity contribution is 14.1. The number of hydrogen-bond acceptors (Lipinski definition) is 4. The molecule has 110 valence electrons. The summed E-state index contributed by atoms with van der Waals surface area (Å²) < 4.78 is 29.8. The van der Waals surface area contributed by atoms with Crippen molar-refractivity contribution in [3.05, 3.63) is 43.5 Å². The average Bonchev–Trinajstić information content (AvgIpc) is 2.91. The van der Waals surface area contributed by atoms with Gasteiger partial charge in [-0.1, -0.05) is 23.2 Å². The molecule has 0 aliphatic rings. The first-order chi connectivity index (χ1) is 9.88. The van der Waals surface area contributed by atoms with Crippen LogP contribution in [-0.4, -0.2) is 17.8 Å². The molecule has 3 rings (SSSR count). The average molecular weight is 474 g/mol. The smallest absolute Gasteiger partial charge is 0.278 e. The van der Waals surface area contributed by atoms with Crippen LogP contribution in [0, 0.1) is 3.57 Å². The summed E-state index contributed by atoms with van der Waals surface area (Å²) in [7, 11) is -3.89. The number of benzene rings is 1. The molecular weight excluding hydrogens is 468 g/mol. The van der Waals surface area contributed by atoms with Crippen molar-refractivity contribution in [2.45, 2.75) is 5.03 Å². The molecule has 0 fully saturated rings. The molecule has 0 aliphatic carbocycles. The Morgan fingerprint density at radius 3 is 2.81 bits per heavy atom. The molecule has 0 amide bonds. The lowest BCUT2D eigenvalue weighted by Gasteiger charge is -2.09. The lowest BCUT2D eigenvalue weighted by atomic mass is 10.3. The van der Waals surface area contributed by atoms with Crippen molar-refractivity contribution in [3.63, 3.8) is 0 Å². The third-order valence-corrected chi connectivity index (χ3v) is 6.11. The minimum Gasteiger partial charge on any atom is -0.278 e. The Hall–Kier alpha value is -0.550. The molecule has 0 spiro atoms. The summed E-state index contributed by atoms with van der Waals surface area (Å²) >= 11 is 15.4. The van der Waals surface area contributed by atoms with Gasteiger partial charge in [-0.05, 0) is 40.8 Å². The number of nitrogens with one attached hydrogen (secondary N) is 1. The summed E-state index contributed by atoms with van der Waals surface area (Å²) in [6.07, 6.45) is 1.60. The Balaban J connectivity index is 2.08. The van der Waals surface area contributed by atoms with Gasteiger partial charge in [0.25, 0.3) is 10.0 Å². The topological polar surface area (TPSA) is 63.5 Å². The second-order valence-electron chi connectivity index (χ2n) is 3.99. The molecule has 0 aliphatic heterocycles. The molecule has 0 atom stereocenters. The number of hydrogen-bond donors (Lipinski definition) is 1. The molecule has 0 saturated heterocycles. The van der Waals surface area contributed by atoms with Crippen LogP contribution in [0.3, 0.4) is 0 Å². The van der Waals surface area contributed by atoms with Crippen LogP contribution in [0.25, 0.3) is 4.96 Å². The summed E-state index contributed by atoms with van der Waals surface area (Å²) in [6, 6.07) is 5.02. The molecule has 0 unspecified atom stereocenters. The van der Waals surface area contributed by atoms with Gasteiger partial charge in [0.1, 0.15) is 0 Å². The van der Waals surface area contributed by atoms with Crippen molar-refractivity contribution in [1.82, 2.24) is 9.38 Å². The van der Waals surface area contributed by atoms with E-state index in [2.05, 4.69) is 32.3 Å². The summed E-state index contributed by atoms with van der Waals surface area (Å²) in [5.74, 6) is 0. The van der Waals surface area contributed by atoms with Crippen LogP contribution in [0.2, 0.25) is 10.2 Å². The summed E-state index contributed by atoms with van der Waals surface area (Å²) in [5.41, 5.74) is 0.290. The van der Waals surface area contributed by atoms with Gasteiger partial charge >= 0.3 is 0 Å². The van der Waals surface area contributed by atoms with Gasteiger partial charge in [-0.3, -0.25) is 9.12 Å². The second kappa shape index (κ2) is 5.58. The number of nitrogens with zero attached hydrogens (tertiary/aromatic N) is 2. The number of halogens is 3. The molecule has 10 heteroatoms. The molecule has 21 heavy (non-hydrogen) atoms. The monoisotopic (exact) mass is 473 g/mol. The van der Waals surface area contributed by atoms with E-state index in [-0.39, 0.29) is 10.2 Å². The normalized spacial score (nSPS) is 12.0. The molecule has 0 saturated carbocycles. The van der Waals surface area contributed by atoms with Crippen molar-refractivity contribution in [2.75, 3.05) is 4.72 Å². The van der Waals surface area contributed by atoms with Crippen LogP contribution in [0.1, 0.15) is 0 Å². The third kappa shape index (κ3) is 2.87. The zero-order valence-electron chi connectivity index (χ0n) is 10.0. The van der Waals surface area contributed by atoms with Gasteiger partial charge in [-0.25, -0.2) is 4.98 Å². The maximum absolute atomic E-state index is 12.5. The first-order valence-corrected chi connectivity index (χ1v) is 9.67. The predicted molar refractivity (Wildman–Crippen MR) is 93.1 cm³/mol. The Morgan fingerprint density at radius 1 is 1.33 bits per heavy atom. The maximum Gasteiger partial charge on any atom is 0.281 e. The Labute approximate surface area is 148 Å². The highest BCUT2D eigenvalue weighted by atomic mass is 127. The van der Waals surface area contributed by atoms with Gasteiger partial charge in [-0.15, -0.1) is 11.3 Å². The predicted octanol–water partition coefficient (Wildman–Crippen LogP) is 4.11. The molecule has 0 bridgehead atoms. The number of thiazole rings is 1. The molecule has 5 nitrogen and oxygen atoms in total. The number of imidazole rings is 1. The van der Waals surface area contributed by atoms with E-state index in [0.717, 1.165) is 3.57 Å². The van der Waals surface area contributed by atoms with E-state index in [0.29, 0.717) is 15.7 Å². The van der Waals surface area contributed by atoms with Gasteiger partial charge in [0, 0.05) is 15.1 Å². The molecule has 0 radical (unpaired) electrons. The Bertz CT molecular complexity index is 936. The van der Waals surface area contributed by atoms with E-state index in [9.17, 15) is 8.42 Å². The SMILES string of the molecule is O=S(=O)(Nc1ccc(I)cc1Cl)c1c(Cl)nc2sccn12. The lowest BCUT2D eigenvalue weighted by molar-refractivity contribution is 0.597. The van der Waals surface area contributed by atoms with E-state index in [1.165, 1.54) is 15.7 Å². The largest absolute Gasteiger partial charge is 0.281 e. The van der Waals surface area contributed by atoms with Crippen LogP contribution < -0.4 is 4.72 Å². The van der Waals surface area contributed by atoms with E-state index in [1.54, 1.807) is 29.8 Å². The standard InChI is InChI=1S/C11H6Cl2IN3O2S2/c12-7-5-6(14)1-2-8(7)16-21(18,19)10-9(13)15-11-17(10)3-4-20-11/h1-5,16H. The Kier molecular flexibility index (Phi) is 4.08. The maximum atomic E-state index is 12.5. The number of aromatic nitrogens is 2.